The van der Waals surface area contributed by atoms with Gasteiger partial charge in [0.2, 0.25) is 0 Å². The van der Waals surface area contributed by atoms with Gasteiger partial charge < -0.3 is 0 Å². The number of hydrogen-bond donors (Lipinski definition) is 0. The number of rotatable bonds is 3. The predicted octanol–water partition coefficient (Wildman–Crippen LogP) is 3.34. The van der Waals surface area contributed by atoms with E-state index >= 15 is 0 Å². The average molecular weight is 290 g/mol. The van der Waals surface area contributed by atoms with Gasteiger partial charge in [-0.25, -0.2) is 4.98 Å². The van der Waals surface area contributed by atoms with E-state index in [1.54, 1.807) is 24.4 Å². The number of pyridine rings is 1. The molecule has 0 aliphatic carbocycles. The minimum Gasteiger partial charge on any atom is -0.289 e. The Labute approximate surface area is 118 Å². The molecule has 0 atom stereocenters. The number of halogens is 1. The Balaban J connectivity index is 1.92. The molecule has 3 rings (SSSR count). The van der Waals surface area contributed by atoms with Crippen molar-refractivity contribution in [3.8, 4) is 0 Å². The molecule has 0 aromatic carbocycles. The van der Waals surface area contributed by atoms with E-state index in [0.29, 0.717) is 16.4 Å². The molecular formula is C13H8ClN3OS. The maximum Gasteiger partial charge on any atom is 0.195 e. The molecule has 0 radical (unpaired) electrons. The van der Waals surface area contributed by atoms with Gasteiger partial charge in [0.25, 0.3) is 0 Å². The Morgan fingerprint density at radius 3 is 3.16 bits per heavy atom. The molecule has 94 valence electrons. The third-order valence-corrected chi connectivity index (χ3v) is 3.63. The highest BCUT2D eigenvalue weighted by Gasteiger charge is 2.09. The molecule has 0 fully saturated rings. The molecule has 0 saturated carbocycles. The quantitative estimate of drug-likeness (QED) is 0.549. The fraction of sp³-hybridized carbons (Fsp3) is 0. The smallest absolute Gasteiger partial charge is 0.195 e. The van der Waals surface area contributed by atoms with E-state index < -0.39 is 0 Å². The third-order valence-electron chi connectivity index (χ3n) is 2.59. The second-order valence-electron chi connectivity index (χ2n) is 3.78. The first-order valence-corrected chi connectivity index (χ1v) is 6.75. The third kappa shape index (κ3) is 2.30. The molecule has 0 unspecified atom stereocenters. The Morgan fingerprint density at radius 1 is 1.47 bits per heavy atom. The summed E-state index contributed by atoms with van der Waals surface area (Å²) >= 11 is 7.53. The molecule has 3 aromatic rings. The van der Waals surface area contributed by atoms with E-state index in [1.165, 1.54) is 23.6 Å². The van der Waals surface area contributed by atoms with Gasteiger partial charge in [-0.2, -0.15) is 0 Å². The van der Waals surface area contributed by atoms with Gasteiger partial charge in [0.05, 0.1) is 5.69 Å². The largest absolute Gasteiger partial charge is 0.289 e. The van der Waals surface area contributed by atoms with Crippen molar-refractivity contribution in [1.82, 2.24) is 14.4 Å². The molecule has 0 aliphatic rings. The highest BCUT2D eigenvalue weighted by molar-refractivity contribution is 7.15. The molecule has 0 N–H and O–H groups in total. The van der Waals surface area contributed by atoms with Crippen molar-refractivity contribution in [3.05, 3.63) is 58.6 Å². The van der Waals surface area contributed by atoms with Crippen LogP contribution in [0, 0.1) is 0 Å². The first kappa shape index (κ1) is 12.1. The normalized spacial score (nSPS) is 11.4. The lowest BCUT2D eigenvalue weighted by Gasteiger charge is -1.94. The number of hydrogen-bond acceptors (Lipinski definition) is 4. The Kier molecular flexibility index (Phi) is 3.15. The van der Waals surface area contributed by atoms with Gasteiger partial charge in [-0.1, -0.05) is 11.6 Å². The number of carbonyl (C=O) groups excluding carboxylic acids is 1. The van der Waals surface area contributed by atoms with Crippen LogP contribution in [0.5, 0.6) is 0 Å². The van der Waals surface area contributed by atoms with E-state index in [0.717, 1.165) is 4.96 Å². The summed E-state index contributed by atoms with van der Waals surface area (Å²) in [5.74, 6) is -0.116. The number of imidazole rings is 1. The summed E-state index contributed by atoms with van der Waals surface area (Å²) in [6, 6.07) is 3.45. The number of nitrogens with zero attached hydrogens (tertiary/aromatic N) is 3. The van der Waals surface area contributed by atoms with Crippen LogP contribution in [-0.2, 0) is 0 Å². The van der Waals surface area contributed by atoms with Crippen molar-refractivity contribution >= 4 is 39.8 Å². The Morgan fingerprint density at radius 2 is 2.37 bits per heavy atom. The Bertz CT molecular complexity index is 761. The zero-order valence-corrected chi connectivity index (χ0v) is 11.2. The fourth-order valence-corrected chi connectivity index (χ4v) is 2.69. The van der Waals surface area contributed by atoms with Gasteiger partial charge in [-0.3, -0.25) is 14.2 Å². The van der Waals surface area contributed by atoms with Crippen molar-refractivity contribution in [1.29, 1.82) is 0 Å². The maximum absolute atomic E-state index is 11.9. The monoisotopic (exact) mass is 289 g/mol. The van der Waals surface area contributed by atoms with Crippen LogP contribution in [0.15, 0.2) is 42.2 Å². The van der Waals surface area contributed by atoms with Crippen molar-refractivity contribution in [3.63, 3.8) is 0 Å². The molecule has 0 spiro atoms. The SMILES string of the molecule is O=C(/C=C/c1c(Cl)nc2sccn12)c1cccnc1. The van der Waals surface area contributed by atoms with Gasteiger partial charge >= 0.3 is 0 Å². The number of aromatic nitrogens is 3. The van der Waals surface area contributed by atoms with Crippen LogP contribution in [0.3, 0.4) is 0 Å². The number of fused-ring (bicyclic) bond motifs is 1. The fourth-order valence-electron chi connectivity index (χ4n) is 1.69. The summed E-state index contributed by atoms with van der Waals surface area (Å²) in [5, 5.41) is 2.31. The summed E-state index contributed by atoms with van der Waals surface area (Å²) in [6.07, 6.45) is 8.18. The molecular weight excluding hydrogens is 282 g/mol. The van der Waals surface area contributed by atoms with E-state index in [4.69, 9.17) is 11.6 Å². The molecule has 0 amide bonds. The minimum atomic E-state index is -0.116. The lowest BCUT2D eigenvalue weighted by atomic mass is 10.2. The van der Waals surface area contributed by atoms with E-state index in [-0.39, 0.29) is 5.78 Å². The van der Waals surface area contributed by atoms with Gasteiger partial charge in [-0.15, -0.1) is 11.3 Å². The number of thiazole rings is 1. The molecule has 6 heteroatoms. The van der Waals surface area contributed by atoms with Crippen LogP contribution < -0.4 is 0 Å². The van der Waals surface area contributed by atoms with Gasteiger partial charge in [0.15, 0.2) is 15.9 Å². The van der Waals surface area contributed by atoms with Crippen molar-refractivity contribution in [2.24, 2.45) is 0 Å². The summed E-state index contributed by atoms with van der Waals surface area (Å²) in [4.78, 5) is 20.8. The topological polar surface area (TPSA) is 47.3 Å². The van der Waals surface area contributed by atoms with E-state index in [9.17, 15) is 4.79 Å². The van der Waals surface area contributed by atoms with Crippen LogP contribution in [0.4, 0.5) is 0 Å². The van der Waals surface area contributed by atoms with Crippen LogP contribution in [-0.4, -0.2) is 20.2 Å². The molecule has 3 aromatic heterocycles. The summed E-state index contributed by atoms with van der Waals surface area (Å²) in [7, 11) is 0. The second-order valence-corrected chi connectivity index (χ2v) is 5.01. The van der Waals surface area contributed by atoms with Crippen molar-refractivity contribution < 1.29 is 4.79 Å². The zero-order valence-electron chi connectivity index (χ0n) is 9.65. The highest BCUT2D eigenvalue weighted by Crippen LogP contribution is 2.22. The maximum atomic E-state index is 11.9. The second kappa shape index (κ2) is 4.95. The van der Waals surface area contributed by atoms with Crippen LogP contribution in [0.2, 0.25) is 5.15 Å². The highest BCUT2D eigenvalue weighted by atomic mass is 35.5. The molecule has 0 bridgehead atoms. The lowest BCUT2D eigenvalue weighted by molar-refractivity contribution is 0.104. The number of allylic oxidation sites excluding steroid dienone is 1. The standard InChI is InChI=1S/C13H8ClN3OS/c14-12-10(17-6-7-19-13(17)16-12)3-4-11(18)9-2-1-5-15-8-9/h1-8H/b4-3+. The zero-order chi connectivity index (χ0) is 13.2. The van der Waals surface area contributed by atoms with Crippen molar-refractivity contribution in [2.45, 2.75) is 0 Å². The summed E-state index contributed by atoms with van der Waals surface area (Å²) in [6.45, 7) is 0. The van der Waals surface area contributed by atoms with E-state index in [2.05, 4.69) is 9.97 Å². The first-order valence-electron chi connectivity index (χ1n) is 5.49. The minimum absolute atomic E-state index is 0.116. The first-order chi connectivity index (χ1) is 9.25. The van der Waals surface area contributed by atoms with Gasteiger partial charge in [-0.05, 0) is 24.3 Å². The summed E-state index contributed by atoms with van der Waals surface area (Å²) in [5.41, 5.74) is 1.25. The summed E-state index contributed by atoms with van der Waals surface area (Å²) < 4.78 is 1.85. The number of ketones is 1. The molecule has 0 saturated heterocycles. The predicted molar refractivity (Wildman–Crippen MR) is 75.7 cm³/mol. The van der Waals surface area contributed by atoms with Crippen LogP contribution >= 0.6 is 22.9 Å². The lowest BCUT2D eigenvalue weighted by Crippen LogP contribution is -1.94. The van der Waals surface area contributed by atoms with E-state index in [1.807, 2.05) is 16.0 Å². The number of carbonyl (C=O) groups is 1. The molecule has 19 heavy (non-hydrogen) atoms. The Hall–Kier alpha value is -1.98. The van der Waals surface area contributed by atoms with Crippen LogP contribution in [0.1, 0.15) is 16.1 Å². The molecule has 3 heterocycles. The molecule has 0 aliphatic heterocycles. The van der Waals surface area contributed by atoms with Gasteiger partial charge in [0, 0.05) is 29.5 Å². The molecule has 4 nitrogen and oxygen atoms in total. The van der Waals surface area contributed by atoms with Crippen molar-refractivity contribution in [2.75, 3.05) is 0 Å². The van der Waals surface area contributed by atoms with Gasteiger partial charge in [0.1, 0.15) is 0 Å². The average Bonchev–Trinajstić information content (AvgIpc) is 2.98. The van der Waals surface area contributed by atoms with Crippen LogP contribution in [0.25, 0.3) is 11.0 Å².